The molecule has 0 saturated heterocycles. The molecule has 0 unspecified atom stereocenters. The normalized spacial score (nSPS) is 11.5. The van der Waals surface area contributed by atoms with Crippen molar-refractivity contribution in [1.29, 1.82) is 0 Å². The van der Waals surface area contributed by atoms with Crippen LogP contribution in [0.15, 0.2) is 35.2 Å². The predicted octanol–water partition coefficient (Wildman–Crippen LogP) is 2.06. The Kier molecular flexibility index (Phi) is 4.44. The van der Waals surface area contributed by atoms with Gasteiger partial charge >= 0.3 is 0 Å². The van der Waals surface area contributed by atoms with Crippen LogP contribution >= 0.6 is 11.8 Å². The van der Waals surface area contributed by atoms with Crippen LogP contribution in [0, 0.1) is 0 Å². The highest BCUT2D eigenvalue weighted by molar-refractivity contribution is 7.99. The summed E-state index contributed by atoms with van der Waals surface area (Å²) < 4.78 is 29.3. The van der Waals surface area contributed by atoms with Gasteiger partial charge in [0.1, 0.15) is 0 Å². The lowest BCUT2D eigenvalue weighted by Gasteiger charge is -1.99. The van der Waals surface area contributed by atoms with Gasteiger partial charge in [-0.2, -0.15) is 8.42 Å². The highest BCUT2D eigenvalue weighted by Crippen LogP contribution is 2.17. The van der Waals surface area contributed by atoms with Crippen molar-refractivity contribution in [1.82, 2.24) is 0 Å². The van der Waals surface area contributed by atoms with Gasteiger partial charge in [0, 0.05) is 4.90 Å². The predicted molar refractivity (Wildman–Crippen MR) is 58.2 cm³/mol. The fraction of sp³-hybridized carbons (Fsp3) is 0.333. The third kappa shape index (κ3) is 5.26. The van der Waals surface area contributed by atoms with E-state index < -0.39 is 10.1 Å². The number of rotatable bonds is 5. The zero-order valence-electron chi connectivity index (χ0n) is 7.59. The second kappa shape index (κ2) is 5.38. The molecule has 0 aromatic heterocycles. The van der Waals surface area contributed by atoms with Crippen molar-refractivity contribution < 1.29 is 13.0 Å². The summed E-state index contributed by atoms with van der Waals surface area (Å²) in [4.78, 5) is 1.11. The minimum Gasteiger partial charge on any atom is -0.286 e. The van der Waals surface area contributed by atoms with E-state index in [1.165, 1.54) is 0 Å². The molecule has 3 nitrogen and oxygen atoms in total. The van der Waals surface area contributed by atoms with E-state index in [-0.39, 0.29) is 5.75 Å². The first-order chi connectivity index (χ1) is 6.58. The number of hydrogen-bond acceptors (Lipinski definition) is 3. The van der Waals surface area contributed by atoms with Gasteiger partial charge in [0.25, 0.3) is 10.1 Å². The van der Waals surface area contributed by atoms with Gasteiger partial charge in [-0.3, -0.25) is 4.55 Å². The molecule has 0 bridgehead atoms. The molecule has 0 heterocycles. The van der Waals surface area contributed by atoms with E-state index in [0.29, 0.717) is 12.2 Å². The Bertz CT molecular complexity index is 359. The first-order valence-electron chi connectivity index (χ1n) is 4.21. The van der Waals surface area contributed by atoms with Crippen LogP contribution in [0.25, 0.3) is 0 Å². The minimum absolute atomic E-state index is 0.160. The largest absolute Gasteiger partial charge is 0.286 e. The number of thioether (sulfide) groups is 1. The van der Waals surface area contributed by atoms with Gasteiger partial charge in [-0.1, -0.05) is 18.2 Å². The molecule has 78 valence electrons. The molecule has 14 heavy (non-hydrogen) atoms. The van der Waals surface area contributed by atoms with Crippen molar-refractivity contribution >= 4 is 21.9 Å². The molecule has 0 spiro atoms. The number of hydrogen-bond donors (Lipinski definition) is 1. The van der Waals surface area contributed by atoms with Crippen LogP contribution < -0.4 is 0 Å². The quantitative estimate of drug-likeness (QED) is 0.479. The molecule has 0 radical (unpaired) electrons. The first kappa shape index (κ1) is 11.6. The average molecular weight is 232 g/mol. The lowest BCUT2D eigenvalue weighted by molar-refractivity contribution is 0.482. The van der Waals surface area contributed by atoms with Gasteiger partial charge in [-0.25, -0.2) is 0 Å². The molecule has 0 fully saturated rings. The third-order valence-electron chi connectivity index (χ3n) is 1.56. The monoisotopic (exact) mass is 232 g/mol. The molecule has 1 aromatic rings. The standard InChI is InChI=1S/C9H12O3S2/c10-14(11,12)8-4-7-13-9-5-2-1-3-6-9/h1-3,5-6H,4,7-8H2,(H,10,11,12). The number of benzene rings is 1. The van der Waals surface area contributed by atoms with E-state index in [0.717, 1.165) is 4.90 Å². The van der Waals surface area contributed by atoms with E-state index >= 15 is 0 Å². The third-order valence-corrected chi connectivity index (χ3v) is 3.46. The Labute approximate surface area is 88.3 Å². The average Bonchev–Trinajstić information content (AvgIpc) is 2.13. The maximum atomic E-state index is 10.4. The molecule has 0 saturated carbocycles. The van der Waals surface area contributed by atoms with Gasteiger partial charge in [-0.15, -0.1) is 11.8 Å². The molecule has 0 aliphatic heterocycles. The summed E-state index contributed by atoms with van der Waals surface area (Å²) in [6, 6.07) is 9.74. The molecule has 0 aliphatic carbocycles. The first-order valence-corrected chi connectivity index (χ1v) is 6.80. The highest BCUT2D eigenvalue weighted by atomic mass is 32.2. The van der Waals surface area contributed by atoms with Crippen molar-refractivity contribution in [2.45, 2.75) is 11.3 Å². The van der Waals surface area contributed by atoms with Crippen LogP contribution in [-0.4, -0.2) is 24.5 Å². The second-order valence-electron chi connectivity index (χ2n) is 2.80. The summed E-state index contributed by atoms with van der Waals surface area (Å²) in [5, 5.41) is 0. The fourth-order valence-corrected chi connectivity index (χ4v) is 2.51. The lowest BCUT2D eigenvalue weighted by atomic mass is 10.4. The van der Waals surface area contributed by atoms with E-state index in [1.54, 1.807) is 11.8 Å². The molecule has 1 rings (SSSR count). The topological polar surface area (TPSA) is 54.4 Å². The van der Waals surface area contributed by atoms with Gasteiger partial charge < -0.3 is 0 Å². The molecule has 1 N–H and O–H groups in total. The molecule has 5 heteroatoms. The second-order valence-corrected chi connectivity index (χ2v) is 5.54. The van der Waals surface area contributed by atoms with Gasteiger partial charge in [0.2, 0.25) is 0 Å². The van der Waals surface area contributed by atoms with E-state index in [4.69, 9.17) is 4.55 Å². The summed E-state index contributed by atoms with van der Waals surface area (Å²) in [5.74, 6) is 0.538. The zero-order valence-corrected chi connectivity index (χ0v) is 9.22. The van der Waals surface area contributed by atoms with Gasteiger partial charge in [-0.05, 0) is 24.3 Å². The molecule has 0 aliphatic rings. The molecule has 1 aromatic carbocycles. The van der Waals surface area contributed by atoms with Gasteiger partial charge in [0.05, 0.1) is 5.75 Å². The van der Waals surface area contributed by atoms with Crippen molar-refractivity contribution in [3.8, 4) is 0 Å². The van der Waals surface area contributed by atoms with Crippen molar-refractivity contribution in [2.75, 3.05) is 11.5 Å². The maximum absolute atomic E-state index is 10.4. The minimum atomic E-state index is -3.79. The van der Waals surface area contributed by atoms with Crippen LogP contribution in [0.3, 0.4) is 0 Å². The van der Waals surface area contributed by atoms with Crippen LogP contribution in [0.4, 0.5) is 0 Å². The van der Waals surface area contributed by atoms with Crippen molar-refractivity contribution in [2.24, 2.45) is 0 Å². The molecule has 0 atom stereocenters. The molecular weight excluding hydrogens is 220 g/mol. The van der Waals surface area contributed by atoms with Crippen molar-refractivity contribution in [3.63, 3.8) is 0 Å². The van der Waals surface area contributed by atoms with E-state index in [9.17, 15) is 8.42 Å². The van der Waals surface area contributed by atoms with Crippen LogP contribution in [0.2, 0.25) is 0 Å². The van der Waals surface area contributed by atoms with Crippen molar-refractivity contribution in [3.05, 3.63) is 30.3 Å². The van der Waals surface area contributed by atoms with Crippen LogP contribution in [0.1, 0.15) is 6.42 Å². The SMILES string of the molecule is O=S(=O)(O)CCCSc1ccccc1. The Balaban J connectivity index is 2.23. The molecule has 0 amide bonds. The lowest BCUT2D eigenvalue weighted by Crippen LogP contribution is -2.04. The Morgan fingerprint density at radius 3 is 2.43 bits per heavy atom. The summed E-state index contributed by atoms with van der Waals surface area (Å²) >= 11 is 1.59. The van der Waals surface area contributed by atoms with E-state index in [2.05, 4.69) is 0 Å². The fourth-order valence-electron chi connectivity index (χ4n) is 0.948. The van der Waals surface area contributed by atoms with E-state index in [1.807, 2.05) is 30.3 Å². The highest BCUT2D eigenvalue weighted by Gasteiger charge is 2.03. The molecular formula is C9H12O3S2. The summed E-state index contributed by atoms with van der Waals surface area (Å²) in [5.41, 5.74) is 0. The smallest absolute Gasteiger partial charge is 0.264 e. The van der Waals surface area contributed by atoms with Gasteiger partial charge in [0.15, 0.2) is 0 Å². The summed E-state index contributed by atoms with van der Waals surface area (Å²) in [6.07, 6.45) is 0.471. The van der Waals surface area contributed by atoms with Crippen LogP contribution in [0.5, 0.6) is 0 Å². The van der Waals surface area contributed by atoms with Crippen LogP contribution in [-0.2, 0) is 10.1 Å². The maximum Gasteiger partial charge on any atom is 0.264 e. The zero-order chi connectivity index (χ0) is 10.4. The Morgan fingerprint density at radius 2 is 1.86 bits per heavy atom. The summed E-state index contributed by atoms with van der Waals surface area (Å²) in [7, 11) is -3.79. The Hall–Kier alpha value is -0.520. The summed E-state index contributed by atoms with van der Waals surface area (Å²) in [6.45, 7) is 0. The Morgan fingerprint density at radius 1 is 1.21 bits per heavy atom.